The van der Waals surface area contributed by atoms with E-state index in [9.17, 15) is 13.2 Å². The van der Waals surface area contributed by atoms with Gasteiger partial charge in [0.1, 0.15) is 11.6 Å². The molecule has 0 bridgehead atoms. The summed E-state index contributed by atoms with van der Waals surface area (Å²) in [6.07, 6.45) is 0. The molecule has 0 unspecified atom stereocenters. The molecule has 0 radical (unpaired) electrons. The molecule has 2 aromatic carbocycles. The van der Waals surface area contributed by atoms with Gasteiger partial charge in [0.2, 0.25) is 0 Å². The minimum Gasteiger partial charge on any atom is -0.377 e. The number of rotatable bonds is 3. The molecule has 0 spiro atoms. The molecule has 100 valence electrons. The van der Waals surface area contributed by atoms with Crippen LogP contribution in [0.5, 0.6) is 0 Å². The molecule has 0 atom stereocenters. The molecule has 1 N–H and O–H groups in total. The number of benzene rings is 2. The van der Waals surface area contributed by atoms with E-state index in [1.807, 2.05) is 0 Å². The summed E-state index contributed by atoms with van der Waals surface area (Å²) in [6, 6.07) is 6.16. The quantitative estimate of drug-likeness (QED) is 0.839. The zero-order valence-corrected chi connectivity index (χ0v) is 11.0. The maximum Gasteiger partial charge on any atom is 0.150 e. The molecule has 6 heteroatoms. The van der Waals surface area contributed by atoms with Crippen molar-refractivity contribution < 1.29 is 13.2 Å². The molecule has 0 saturated carbocycles. The molecule has 0 heterocycles. The molecule has 0 aliphatic carbocycles. The first-order valence-corrected chi connectivity index (χ1v) is 6.06. The van der Waals surface area contributed by atoms with Crippen molar-refractivity contribution in [3.05, 3.63) is 63.4 Å². The van der Waals surface area contributed by atoms with E-state index in [1.165, 1.54) is 12.1 Å². The largest absolute Gasteiger partial charge is 0.377 e. The summed E-state index contributed by atoms with van der Waals surface area (Å²) in [4.78, 5) is 0. The fraction of sp³-hybridized carbons (Fsp3) is 0.0769. The summed E-state index contributed by atoms with van der Waals surface area (Å²) < 4.78 is 40.0. The first kappa shape index (κ1) is 14.0. The number of nitrogens with one attached hydrogen (secondary N) is 1. The lowest BCUT2D eigenvalue weighted by Crippen LogP contribution is -2.04. The summed E-state index contributed by atoms with van der Waals surface area (Å²) in [6.45, 7) is -0.0192. The van der Waals surface area contributed by atoms with Gasteiger partial charge in [-0.3, -0.25) is 0 Å². The van der Waals surface area contributed by atoms with Crippen molar-refractivity contribution in [1.82, 2.24) is 0 Å². The minimum atomic E-state index is -0.840. The van der Waals surface area contributed by atoms with Gasteiger partial charge in [-0.25, -0.2) is 13.2 Å². The molecular weight excluding hydrogens is 298 g/mol. The van der Waals surface area contributed by atoms with E-state index in [4.69, 9.17) is 23.2 Å². The van der Waals surface area contributed by atoms with Crippen molar-refractivity contribution in [2.75, 3.05) is 5.32 Å². The third-order valence-corrected chi connectivity index (χ3v) is 3.08. The van der Waals surface area contributed by atoms with E-state index in [2.05, 4.69) is 5.32 Å². The molecule has 0 aliphatic rings. The SMILES string of the molecule is Fc1cc(F)c(NCc2cccc(Cl)c2F)c(Cl)c1. The second-order valence-electron chi connectivity index (χ2n) is 3.81. The van der Waals surface area contributed by atoms with E-state index in [0.29, 0.717) is 6.07 Å². The molecule has 0 aromatic heterocycles. The lowest BCUT2D eigenvalue weighted by molar-refractivity contribution is 0.584. The van der Waals surface area contributed by atoms with Gasteiger partial charge >= 0.3 is 0 Å². The Morgan fingerprint density at radius 3 is 2.42 bits per heavy atom. The highest BCUT2D eigenvalue weighted by atomic mass is 35.5. The van der Waals surface area contributed by atoms with Gasteiger partial charge in [-0.2, -0.15) is 0 Å². The van der Waals surface area contributed by atoms with Crippen molar-refractivity contribution in [2.24, 2.45) is 0 Å². The van der Waals surface area contributed by atoms with Gasteiger partial charge in [0.15, 0.2) is 5.82 Å². The molecule has 0 saturated heterocycles. The predicted molar refractivity (Wildman–Crippen MR) is 70.1 cm³/mol. The van der Waals surface area contributed by atoms with Crippen LogP contribution in [0.4, 0.5) is 18.9 Å². The highest BCUT2D eigenvalue weighted by Gasteiger charge is 2.11. The van der Waals surface area contributed by atoms with Gasteiger partial charge < -0.3 is 5.32 Å². The van der Waals surface area contributed by atoms with Crippen LogP contribution >= 0.6 is 23.2 Å². The molecule has 1 nitrogen and oxygen atoms in total. The molecule has 19 heavy (non-hydrogen) atoms. The van der Waals surface area contributed by atoms with Crippen LogP contribution in [0.3, 0.4) is 0 Å². The topological polar surface area (TPSA) is 12.0 Å². The number of hydrogen-bond acceptors (Lipinski definition) is 1. The smallest absolute Gasteiger partial charge is 0.150 e. The third-order valence-electron chi connectivity index (χ3n) is 2.49. The van der Waals surface area contributed by atoms with Gasteiger partial charge in [0, 0.05) is 18.2 Å². The average molecular weight is 306 g/mol. The molecule has 2 aromatic rings. The Morgan fingerprint density at radius 1 is 1.00 bits per heavy atom. The fourth-order valence-corrected chi connectivity index (χ4v) is 2.04. The summed E-state index contributed by atoms with van der Waals surface area (Å²) in [5, 5.41) is 2.49. The van der Waals surface area contributed by atoms with Gasteiger partial charge in [0.25, 0.3) is 0 Å². The third kappa shape index (κ3) is 3.14. The Hall–Kier alpha value is -1.39. The zero-order valence-electron chi connectivity index (χ0n) is 9.48. The lowest BCUT2D eigenvalue weighted by atomic mass is 10.2. The van der Waals surface area contributed by atoms with Crippen molar-refractivity contribution in [2.45, 2.75) is 6.54 Å². The Kier molecular flexibility index (Phi) is 4.22. The monoisotopic (exact) mass is 305 g/mol. The summed E-state index contributed by atoms with van der Waals surface area (Å²) in [5.41, 5.74) is 0.176. The van der Waals surface area contributed by atoms with Crippen LogP contribution in [0.2, 0.25) is 10.0 Å². The summed E-state index contributed by atoms with van der Waals surface area (Å²) in [5.74, 6) is -2.20. The number of anilines is 1. The molecule has 0 aliphatic heterocycles. The van der Waals surface area contributed by atoms with Gasteiger partial charge in [-0.1, -0.05) is 35.3 Å². The minimum absolute atomic E-state index is 0.0192. The van der Waals surface area contributed by atoms with Crippen molar-refractivity contribution in [3.8, 4) is 0 Å². The van der Waals surface area contributed by atoms with E-state index >= 15 is 0 Å². The lowest BCUT2D eigenvalue weighted by Gasteiger charge is -2.10. The van der Waals surface area contributed by atoms with Gasteiger partial charge in [-0.15, -0.1) is 0 Å². The maximum atomic E-state index is 13.6. The van der Waals surface area contributed by atoms with Crippen LogP contribution in [0.1, 0.15) is 5.56 Å². The Morgan fingerprint density at radius 2 is 1.74 bits per heavy atom. The normalized spacial score (nSPS) is 10.6. The van der Waals surface area contributed by atoms with E-state index < -0.39 is 17.5 Å². The second kappa shape index (κ2) is 5.72. The number of hydrogen-bond donors (Lipinski definition) is 1. The van der Waals surface area contributed by atoms with Gasteiger partial charge in [-0.05, 0) is 12.1 Å². The fourth-order valence-electron chi connectivity index (χ4n) is 1.58. The average Bonchev–Trinajstić information content (AvgIpc) is 2.33. The molecule has 0 fully saturated rings. The highest BCUT2D eigenvalue weighted by Crippen LogP contribution is 2.27. The van der Waals surface area contributed by atoms with E-state index in [1.54, 1.807) is 6.07 Å². The van der Waals surface area contributed by atoms with Crippen LogP contribution in [-0.2, 0) is 6.54 Å². The van der Waals surface area contributed by atoms with Crippen molar-refractivity contribution in [3.63, 3.8) is 0 Å². The van der Waals surface area contributed by atoms with Crippen LogP contribution in [0, 0.1) is 17.5 Å². The Balaban J connectivity index is 2.22. The van der Waals surface area contributed by atoms with E-state index in [0.717, 1.165) is 6.07 Å². The van der Waals surface area contributed by atoms with Crippen molar-refractivity contribution >= 4 is 28.9 Å². The maximum absolute atomic E-state index is 13.6. The second-order valence-corrected chi connectivity index (χ2v) is 4.63. The molecular formula is C13H8Cl2F3N. The Bertz CT molecular complexity index is 594. The van der Waals surface area contributed by atoms with Crippen LogP contribution in [0.25, 0.3) is 0 Å². The number of halogens is 5. The van der Waals surface area contributed by atoms with Gasteiger partial charge in [0.05, 0.1) is 15.7 Å². The highest BCUT2D eigenvalue weighted by molar-refractivity contribution is 6.33. The zero-order chi connectivity index (χ0) is 14.0. The summed E-state index contributed by atoms with van der Waals surface area (Å²) >= 11 is 11.3. The Labute approximate surface area is 118 Å². The standard InChI is InChI=1S/C13H8Cl2F3N/c14-9-3-1-2-7(12(9)18)6-19-13-10(15)4-8(16)5-11(13)17/h1-5,19H,6H2. The molecule has 0 amide bonds. The summed E-state index contributed by atoms with van der Waals surface area (Å²) in [7, 11) is 0. The first-order chi connectivity index (χ1) is 8.99. The van der Waals surface area contributed by atoms with Crippen molar-refractivity contribution in [1.29, 1.82) is 0 Å². The molecule has 2 rings (SSSR count). The first-order valence-electron chi connectivity index (χ1n) is 5.30. The van der Waals surface area contributed by atoms with Crippen LogP contribution in [0.15, 0.2) is 30.3 Å². The van der Waals surface area contributed by atoms with Crippen LogP contribution in [-0.4, -0.2) is 0 Å². The van der Waals surface area contributed by atoms with Crippen LogP contribution < -0.4 is 5.32 Å². The van der Waals surface area contributed by atoms with E-state index in [-0.39, 0.29) is 27.8 Å². The predicted octanol–water partition coefficient (Wildman–Crippen LogP) is 5.02.